The smallest absolute Gasteiger partial charge is 0.265 e. The number of rotatable bonds is 2. The summed E-state index contributed by atoms with van der Waals surface area (Å²) in [6.07, 6.45) is 0. The first-order chi connectivity index (χ1) is 14.1. The van der Waals surface area contributed by atoms with Crippen LogP contribution in [0.2, 0.25) is 5.22 Å². The van der Waals surface area contributed by atoms with Gasteiger partial charge in [0.2, 0.25) is 12.4 Å². The summed E-state index contributed by atoms with van der Waals surface area (Å²) in [6, 6.07) is 15.3. The van der Waals surface area contributed by atoms with Gasteiger partial charge in [0.1, 0.15) is 18.1 Å². The van der Waals surface area contributed by atoms with Crippen molar-refractivity contribution in [3.05, 3.63) is 70.6 Å². The van der Waals surface area contributed by atoms with Gasteiger partial charge in [0.05, 0.1) is 12.2 Å². The zero-order chi connectivity index (χ0) is 19.6. The van der Waals surface area contributed by atoms with Gasteiger partial charge in [-0.1, -0.05) is 18.2 Å². The number of thiocarbonyl (C=S) groups is 1. The average Bonchev–Trinajstić information content (AvgIpc) is 3.43. The molecule has 3 aliphatic rings. The van der Waals surface area contributed by atoms with Crippen molar-refractivity contribution in [3.63, 3.8) is 0 Å². The number of anilines is 1. The molecule has 0 radical (unpaired) electrons. The van der Waals surface area contributed by atoms with Gasteiger partial charge in [0.25, 0.3) is 5.17 Å². The Bertz CT molecular complexity index is 1160. The number of benzene rings is 2. The van der Waals surface area contributed by atoms with Crippen LogP contribution in [0.4, 0.5) is 5.69 Å². The van der Waals surface area contributed by atoms with E-state index >= 15 is 0 Å². The van der Waals surface area contributed by atoms with Crippen LogP contribution in [0.5, 0.6) is 17.2 Å². The van der Waals surface area contributed by atoms with Gasteiger partial charge in [-0.25, -0.2) is 0 Å². The highest BCUT2D eigenvalue weighted by Crippen LogP contribution is 2.53. The minimum absolute atomic E-state index is 0.195. The van der Waals surface area contributed by atoms with E-state index in [0.29, 0.717) is 46.6 Å². The number of hydrogen-bond acceptors (Lipinski definition) is 6. The maximum Gasteiger partial charge on any atom is 0.265 e. The van der Waals surface area contributed by atoms with Crippen molar-refractivity contribution >= 4 is 34.7 Å². The first-order valence-corrected chi connectivity index (χ1v) is 9.84. The fraction of sp³-hybridized carbons (Fsp3) is 0.190. The van der Waals surface area contributed by atoms with E-state index in [9.17, 15) is 0 Å². The first kappa shape index (κ1) is 17.0. The van der Waals surface area contributed by atoms with Crippen molar-refractivity contribution < 1.29 is 23.4 Å². The van der Waals surface area contributed by atoms with Crippen LogP contribution in [0.15, 0.2) is 52.9 Å². The molecule has 2 aromatic carbocycles. The van der Waals surface area contributed by atoms with Gasteiger partial charge >= 0.3 is 0 Å². The standard InChI is InChI=1S/C21H14ClNO5S/c22-19-6-5-12(27-19)9-23-15-4-2-1-3-13(15)21(28-20(23)29)10-24-16-8-18-17(7-14(16)21)25-11-26-18/h1-8H,9-11H2. The van der Waals surface area contributed by atoms with Gasteiger partial charge in [-0.3, -0.25) is 4.90 Å². The fourth-order valence-corrected chi connectivity index (χ4v) is 4.54. The largest absolute Gasteiger partial charge is 0.488 e. The molecule has 4 heterocycles. The third-order valence-electron chi connectivity index (χ3n) is 5.40. The van der Waals surface area contributed by atoms with Crippen molar-refractivity contribution in [2.45, 2.75) is 12.1 Å². The Balaban J connectivity index is 1.48. The number of ether oxygens (including phenoxy) is 4. The zero-order valence-corrected chi connectivity index (χ0v) is 16.6. The van der Waals surface area contributed by atoms with E-state index in [2.05, 4.69) is 0 Å². The second-order valence-corrected chi connectivity index (χ2v) is 7.72. The molecular weight excluding hydrogens is 414 g/mol. The van der Waals surface area contributed by atoms with Gasteiger partial charge < -0.3 is 23.4 Å². The van der Waals surface area contributed by atoms with E-state index in [1.807, 2.05) is 47.4 Å². The van der Waals surface area contributed by atoms with E-state index in [1.165, 1.54) is 0 Å². The van der Waals surface area contributed by atoms with E-state index in [-0.39, 0.29) is 6.79 Å². The minimum atomic E-state index is -0.846. The maximum absolute atomic E-state index is 6.40. The summed E-state index contributed by atoms with van der Waals surface area (Å²) < 4.78 is 29.0. The molecule has 0 fully saturated rings. The van der Waals surface area contributed by atoms with E-state index in [1.54, 1.807) is 6.07 Å². The summed E-state index contributed by atoms with van der Waals surface area (Å²) in [5, 5.41) is 0.674. The summed E-state index contributed by atoms with van der Waals surface area (Å²) in [5.41, 5.74) is 1.92. The van der Waals surface area contributed by atoms with Crippen molar-refractivity contribution in [1.29, 1.82) is 0 Å². The molecule has 6 nitrogen and oxygen atoms in total. The number of para-hydroxylation sites is 1. The number of hydrogen-bond donors (Lipinski definition) is 0. The Kier molecular flexibility index (Phi) is 3.54. The first-order valence-electron chi connectivity index (χ1n) is 9.05. The predicted octanol–water partition coefficient (Wildman–Crippen LogP) is 4.62. The molecule has 3 aliphatic heterocycles. The van der Waals surface area contributed by atoms with E-state index < -0.39 is 5.60 Å². The number of furan rings is 1. The summed E-state index contributed by atoms with van der Waals surface area (Å²) in [4.78, 5) is 1.90. The van der Waals surface area contributed by atoms with Crippen LogP contribution >= 0.6 is 23.8 Å². The second-order valence-electron chi connectivity index (χ2n) is 6.99. The molecule has 0 aliphatic carbocycles. The van der Waals surface area contributed by atoms with Crippen molar-refractivity contribution in [3.8, 4) is 17.2 Å². The topological polar surface area (TPSA) is 53.3 Å². The Morgan fingerprint density at radius 2 is 1.79 bits per heavy atom. The Hall–Kier alpha value is -2.90. The SMILES string of the molecule is S=C1OC2(COc3cc4c(cc32)OCO4)c2ccccc2N1Cc1ccc(Cl)o1. The van der Waals surface area contributed by atoms with Crippen LogP contribution < -0.4 is 19.1 Å². The molecular formula is C21H14ClNO5S. The Morgan fingerprint density at radius 1 is 0.966 bits per heavy atom. The lowest BCUT2D eigenvalue weighted by atomic mass is 9.85. The van der Waals surface area contributed by atoms with Crippen LogP contribution in [0.25, 0.3) is 0 Å². The molecule has 1 aromatic heterocycles. The molecule has 1 spiro atoms. The average molecular weight is 428 g/mol. The minimum Gasteiger partial charge on any atom is -0.488 e. The van der Waals surface area contributed by atoms with Crippen LogP contribution in [0.3, 0.4) is 0 Å². The lowest BCUT2D eigenvalue weighted by Gasteiger charge is -2.41. The van der Waals surface area contributed by atoms with Crippen LogP contribution in [-0.4, -0.2) is 18.6 Å². The number of halogens is 1. The molecule has 1 unspecified atom stereocenters. The van der Waals surface area contributed by atoms with Gasteiger partial charge in [0.15, 0.2) is 16.7 Å². The fourth-order valence-electron chi connectivity index (χ4n) is 4.07. The molecule has 3 aromatic rings. The van der Waals surface area contributed by atoms with E-state index in [4.69, 9.17) is 47.2 Å². The van der Waals surface area contributed by atoms with Gasteiger partial charge in [-0.15, -0.1) is 0 Å². The van der Waals surface area contributed by atoms with Crippen molar-refractivity contribution in [2.24, 2.45) is 0 Å². The van der Waals surface area contributed by atoms with Gasteiger partial charge in [-0.2, -0.15) is 0 Å². The normalized spacial score (nSPS) is 21.0. The molecule has 29 heavy (non-hydrogen) atoms. The molecule has 1 atom stereocenters. The van der Waals surface area contributed by atoms with Crippen LogP contribution in [-0.2, 0) is 16.9 Å². The highest BCUT2D eigenvalue weighted by atomic mass is 35.5. The van der Waals surface area contributed by atoms with Crippen molar-refractivity contribution in [2.75, 3.05) is 18.3 Å². The van der Waals surface area contributed by atoms with Crippen LogP contribution in [0.1, 0.15) is 16.9 Å². The molecule has 0 amide bonds. The number of fused-ring (bicyclic) bond motifs is 5. The molecule has 146 valence electrons. The summed E-state index contributed by atoms with van der Waals surface area (Å²) in [6.45, 7) is 0.914. The molecule has 8 heteroatoms. The highest BCUT2D eigenvalue weighted by molar-refractivity contribution is 7.80. The highest BCUT2D eigenvalue weighted by Gasteiger charge is 2.51. The summed E-state index contributed by atoms with van der Waals surface area (Å²) in [7, 11) is 0. The molecule has 0 bridgehead atoms. The van der Waals surface area contributed by atoms with Gasteiger partial charge in [-0.05, 0) is 48.1 Å². The quantitative estimate of drug-likeness (QED) is 0.553. The van der Waals surface area contributed by atoms with Gasteiger partial charge in [0, 0.05) is 17.2 Å². The third-order valence-corrected chi connectivity index (χ3v) is 5.90. The Labute approximate surface area is 176 Å². The van der Waals surface area contributed by atoms with E-state index in [0.717, 1.165) is 16.8 Å². The predicted molar refractivity (Wildman–Crippen MR) is 109 cm³/mol. The second kappa shape index (κ2) is 6.05. The molecule has 0 N–H and O–H groups in total. The lowest BCUT2D eigenvalue weighted by molar-refractivity contribution is 0.0651. The third kappa shape index (κ3) is 2.44. The maximum atomic E-state index is 6.40. The molecule has 0 saturated carbocycles. The number of nitrogens with zero attached hydrogens (tertiary/aromatic N) is 1. The van der Waals surface area contributed by atoms with Crippen molar-refractivity contribution in [1.82, 2.24) is 0 Å². The lowest BCUT2D eigenvalue weighted by Crippen LogP contribution is -2.47. The monoisotopic (exact) mass is 427 g/mol. The zero-order valence-electron chi connectivity index (χ0n) is 15.0. The molecule has 6 rings (SSSR count). The van der Waals surface area contributed by atoms with Crippen LogP contribution in [0, 0.1) is 0 Å². The summed E-state index contributed by atoms with van der Waals surface area (Å²) in [5.74, 6) is 2.74. The Morgan fingerprint density at radius 3 is 2.62 bits per heavy atom. The molecule has 0 saturated heterocycles. The summed E-state index contributed by atoms with van der Waals surface area (Å²) >= 11 is 11.6.